The van der Waals surface area contributed by atoms with Gasteiger partial charge < -0.3 is 0 Å². The molecular weight excluding hydrogens is 342 g/mol. The van der Waals surface area contributed by atoms with Crippen molar-refractivity contribution < 1.29 is 16.8 Å². The molecule has 1 aliphatic carbocycles. The van der Waals surface area contributed by atoms with E-state index in [1.165, 1.54) is 16.7 Å². The Hall–Kier alpha value is -0.669. The first-order valence-electron chi connectivity index (χ1n) is 8.42. The summed E-state index contributed by atoms with van der Waals surface area (Å²) >= 11 is -2.10. The molecular formula is C21H37NSiTi. The molecule has 0 aromatic heterocycles. The quantitative estimate of drug-likeness (QED) is 0.576. The number of benzene rings is 1. The molecule has 1 nitrogen and oxygen atoms in total. The van der Waals surface area contributed by atoms with Gasteiger partial charge >= 0.3 is 116 Å². The zero-order valence-electron chi connectivity index (χ0n) is 15.9. The second kappa shape index (κ2) is 9.72. The molecule has 0 fully saturated rings. The molecule has 0 heterocycles. The maximum atomic E-state index is 3.96. The second-order valence-corrected chi connectivity index (χ2v) is 14.5. The van der Waals surface area contributed by atoms with Crippen LogP contribution < -0.4 is 3.80 Å². The van der Waals surface area contributed by atoms with Crippen molar-refractivity contribution in [1.29, 1.82) is 0 Å². The van der Waals surface area contributed by atoms with E-state index in [2.05, 4.69) is 78.9 Å². The van der Waals surface area contributed by atoms with Crippen LogP contribution in [-0.4, -0.2) is 16.5 Å². The van der Waals surface area contributed by atoms with Gasteiger partial charge in [0.1, 0.15) is 0 Å². The molecule has 1 aromatic rings. The summed E-state index contributed by atoms with van der Waals surface area (Å²) in [6.45, 7) is 14.6. The molecule has 0 radical (unpaired) electrons. The number of rotatable bonds is 3. The van der Waals surface area contributed by atoms with Crippen LogP contribution in [0, 0.1) is 0 Å². The van der Waals surface area contributed by atoms with Gasteiger partial charge in [-0.05, 0) is 17.9 Å². The van der Waals surface area contributed by atoms with E-state index in [1.54, 1.807) is 6.08 Å². The van der Waals surface area contributed by atoms with Gasteiger partial charge in [0.2, 0.25) is 0 Å². The third-order valence-electron chi connectivity index (χ3n) is 3.89. The molecule has 134 valence electrons. The van der Waals surface area contributed by atoms with Gasteiger partial charge in [-0.3, -0.25) is 0 Å². The average molecular weight is 379 g/mol. The van der Waals surface area contributed by atoms with Crippen LogP contribution in [0.5, 0.6) is 0 Å². The fraction of sp³-hybridized carbons (Fsp3) is 0.429. The fourth-order valence-corrected chi connectivity index (χ4v) is 10.4. The molecule has 0 aliphatic heterocycles. The first-order chi connectivity index (χ1) is 10.6. The molecule has 1 unspecified atom stereocenters. The Morgan fingerprint density at radius 1 is 1.17 bits per heavy atom. The van der Waals surface area contributed by atoms with E-state index in [-0.39, 0.29) is 16.5 Å². The van der Waals surface area contributed by atoms with Crippen molar-refractivity contribution in [2.24, 2.45) is 0 Å². The van der Waals surface area contributed by atoms with Gasteiger partial charge in [-0.25, -0.2) is 0 Å². The maximum Gasteiger partial charge on any atom is -0.0149 e. The minimum absolute atomic E-state index is 0. The van der Waals surface area contributed by atoms with Crippen LogP contribution in [0.25, 0.3) is 6.08 Å². The molecule has 0 bridgehead atoms. The SMILES string of the molecule is C=CC=CC.CC1=Cc2ccccc2[CH]1[Ti]([CH3])([CH3])[NH]C(C)(C)C.[SiH4]. The van der Waals surface area contributed by atoms with Crippen LogP contribution in [0.4, 0.5) is 0 Å². The third-order valence-corrected chi connectivity index (χ3v) is 9.52. The van der Waals surface area contributed by atoms with E-state index in [0.29, 0.717) is 4.22 Å². The first kappa shape index (κ1) is 23.3. The van der Waals surface area contributed by atoms with Crippen molar-refractivity contribution in [2.45, 2.75) is 54.8 Å². The molecule has 0 spiro atoms. The Morgan fingerprint density at radius 2 is 1.75 bits per heavy atom. The van der Waals surface area contributed by atoms with Crippen molar-refractivity contribution in [3.8, 4) is 0 Å². The van der Waals surface area contributed by atoms with Crippen LogP contribution >= 0.6 is 0 Å². The van der Waals surface area contributed by atoms with E-state index in [0.717, 1.165) is 0 Å². The van der Waals surface area contributed by atoms with E-state index in [1.807, 2.05) is 19.1 Å². The van der Waals surface area contributed by atoms with Crippen LogP contribution in [0.1, 0.15) is 50.0 Å². The van der Waals surface area contributed by atoms with Crippen LogP contribution in [0.3, 0.4) is 0 Å². The summed E-state index contributed by atoms with van der Waals surface area (Å²) in [5.74, 6) is 0. The average Bonchev–Trinajstić information content (AvgIpc) is 2.74. The molecule has 1 aliphatic rings. The Bertz CT molecular complexity index is 594. The van der Waals surface area contributed by atoms with E-state index < -0.39 is 16.8 Å². The smallest absolute Gasteiger partial charge is 0.0149 e. The Kier molecular flexibility index (Phi) is 9.45. The second-order valence-electron chi connectivity index (χ2n) is 7.81. The molecule has 24 heavy (non-hydrogen) atoms. The molecule has 1 N–H and O–H groups in total. The predicted molar refractivity (Wildman–Crippen MR) is 114 cm³/mol. The minimum Gasteiger partial charge on any atom is -0.0149 e. The van der Waals surface area contributed by atoms with Crippen LogP contribution in [0.15, 0.2) is 54.6 Å². The van der Waals surface area contributed by atoms with Gasteiger partial charge in [0.15, 0.2) is 0 Å². The molecule has 0 amide bonds. The Balaban J connectivity index is 0.000000777. The Labute approximate surface area is 158 Å². The molecule has 1 atom stereocenters. The zero-order valence-corrected chi connectivity index (χ0v) is 17.5. The Morgan fingerprint density at radius 3 is 2.21 bits per heavy atom. The van der Waals surface area contributed by atoms with Gasteiger partial charge in [0, 0.05) is 0 Å². The van der Waals surface area contributed by atoms with Crippen LogP contribution in [0.2, 0.25) is 10.5 Å². The zero-order chi connectivity index (χ0) is 17.7. The normalized spacial score (nSPS) is 16.6. The molecule has 0 saturated heterocycles. The van der Waals surface area contributed by atoms with Crippen molar-refractivity contribution in [3.63, 3.8) is 0 Å². The van der Waals surface area contributed by atoms with E-state index >= 15 is 0 Å². The fourth-order valence-electron chi connectivity index (χ4n) is 3.61. The monoisotopic (exact) mass is 379 g/mol. The summed E-state index contributed by atoms with van der Waals surface area (Å²) in [4.78, 5) is 0. The number of nitrogens with one attached hydrogen (secondary N) is 1. The van der Waals surface area contributed by atoms with Gasteiger partial charge in [-0.2, -0.15) is 0 Å². The number of hydrogen-bond donors (Lipinski definition) is 1. The minimum atomic E-state index is -2.10. The molecule has 3 heteroatoms. The van der Waals surface area contributed by atoms with Gasteiger partial charge in [-0.1, -0.05) is 24.8 Å². The summed E-state index contributed by atoms with van der Waals surface area (Å²) < 4.78 is 4.61. The number of allylic oxidation sites excluding steroid dienone is 4. The maximum absolute atomic E-state index is 3.96. The van der Waals surface area contributed by atoms with Crippen molar-refractivity contribution in [2.75, 3.05) is 0 Å². The third kappa shape index (κ3) is 6.68. The van der Waals surface area contributed by atoms with Crippen molar-refractivity contribution >= 4 is 17.0 Å². The molecule has 2 rings (SSSR count). The summed E-state index contributed by atoms with van der Waals surface area (Å²) in [6.07, 6.45) is 7.95. The predicted octanol–water partition coefficient (Wildman–Crippen LogP) is 4.99. The summed E-state index contributed by atoms with van der Waals surface area (Å²) in [7, 11) is 0. The van der Waals surface area contributed by atoms with E-state index in [9.17, 15) is 0 Å². The topological polar surface area (TPSA) is 12.0 Å². The summed E-state index contributed by atoms with van der Waals surface area (Å²) in [5.41, 5.74) is 4.71. The molecule has 1 aromatic carbocycles. The molecule has 0 saturated carbocycles. The first-order valence-corrected chi connectivity index (χ1v) is 13.2. The van der Waals surface area contributed by atoms with Gasteiger partial charge in [0.25, 0.3) is 0 Å². The van der Waals surface area contributed by atoms with Crippen molar-refractivity contribution in [3.05, 3.63) is 65.8 Å². The van der Waals surface area contributed by atoms with Crippen molar-refractivity contribution in [1.82, 2.24) is 3.80 Å². The van der Waals surface area contributed by atoms with Gasteiger partial charge in [0.05, 0.1) is 0 Å². The standard InChI is InChI=1S/C10H9.C5H8.C4H10N.2CH3.H4Si.Ti/c1-8-6-9-4-2-3-5-10(9)7-8;1-3-5-4-2;1-4(2,3)5;;;;/h2-7H,1H3;3-5H,1H2,2H3;5H,1-3H3;2*1H3;1H4;/q;;-1;;;;+1. The van der Waals surface area contributed by atoms with E-state index in [4.69, 9.17) is 0 Å². The number of hydrogen-bond acceptors (Lipinski definition) is 1. The largest absolute Gasteiger partial charge is 0.0149 e. The summed E-state index contributed by atoms with van der Waals surface area (Å²) in [6, 6.07) is 8.87. The number of fused-ring (bicyclic) bond motifs is 1. The van der Waals surface area contributed by atoms with Crippen LogP contribution in [-0.2, 0) is 16.8 Å². The van der Waals surface area contributed by atoms with Gasteiger partial charge in [-0.15, -0.1) is 0 Å². The summed E-state index contributed by atoms with van der Waals surface area (Å²) in [5, 5.41) is 4.99.